The van der Waals surface area contributed by atoms with E-state index in [1.165, 1.54) is 5.56 Å². The summed E-state index contributed by atoms with van der Waals surface area (Å²) in [5, 5.41) is 3.31. The topological polar surface area (TPSA) is 42.2 Å². The minimum atomic E-state index is -0.238. The van der Waals surface area contributed by atoms with Gasteiger partial charge in [0.2, 0.25) is 0 Å². The maximum absolute atomic E-state index is 12.5. The molecule has 3 aromatic rings. The van der Waals surface area contributed by atoms with Crippen LogP contribution in [0.25, 0.3) is 11.3 Å². The third-order valence-electron chi connectivity index (χ3n) is 3.62. The van der Waals surface area contributed by atoms with Crippen molar-refractivity contribution >= 4 is 23.2 Å². The van der Waals surface area contributed by atoms with Crippen LogP contribution in [0.5, 0.6) is 0 Å². The van der Waals surface area contributed by atoms with Crippen LogP contribution in [-0.2, 0) is 0 Å². The number of aryl methyl sites for hydroxylation is 2. The summed E-state index contributed by atoms with van der Waals surface area (Å²) in [5.74, 6) is 1.01. The highest BCUT2D eigenvalue weighted by molar-refractivity contribution is 6.33. The quantitative estimate of drug-likeness (QED) is 0.693. The maximum Gasteiger partial charge on any atom is 0.259 e. The smallest absolute Gasteiger partial charge is 0.259 e. The molecule has 2 aromatic carbocycles. The van der Waals surface area contributed by atoms with E-state index in [1.807, 2.05) is 43.3 Å². The predicted molar refractivity (Wildman–Crippen MR) is 93.0 cm³/mol. The fourth-order valence-corrected chi connectivity index (χ4v) is 2.50. The number of halogens is 1. The van der Waals surface area contributed by atoms with Crippen LogP contribution in [0.15, 0.2) is 59.0 Å². The van der Waals surface area contributed by atoms with Gasteiger partial charge in [-0.1, -0.05) is 53.6 Å². The lowest BCUT2D eigenvalue weighted by molar-refractivity contribution is 0.102. The van der Waals surface area contributed by atoms with Gasteiger partial charge >= 0.3 is 0 Å². The molecule has 0 spiro atoms. The Hall–Kier alpha value is -2.52. The lowest BCUT2D eigenvalue weighted by Crippen LogP contribution is -2.12. The van der Waals surface area contributed by atoms with Crippen molar-refractivity contribution in [1.29, 1.82) is 0 Å². The number of benzene rings is 2. The zero-order chi connectivity index (χ0) is 16.4. The maximum atomic E-state index is 12.5. The SMILES string of the molecule is Cc1ccc(-c2cc(C(=O)Nc3ccccc3Cl)c(C)o2)cc1. The molecule has 0 aliphatic rings. The first-order valence-electron chi connectivity index (χ1n) is 7.28. The molecule has 1 N–H and O–H groups in total. The summed E-state index contributed by atoms with van der Waals surface area (Å²) < 4.78 is 5.74. The highest BCUT2D eigenvalue weighted by Gasteiger charge is 2.16. The van der Waals surface area contributed by atoms with Crippen LogP contribution in [-0.4, -0.2) is 5.91 Å². The van der Waals surface area contributed by atoms with Crippen molar-refractivity contribution < 1.29 is 9.21 Å². The standard InChI is InChI=1S/C19H16ClNO2/c1-12-7-9-14(10-8-12)18-11-15(13(2)23-18)19(22)21-17-6-4-3-5-16(17)20/h3-11H,1-2H3,(H,21,22). The number of carbonyl (C=O) groups is 1. The van der Waals surface area contributed by atoms with Gasteiger partial charge in [-0.15, -0.1) is 0 Å². The fraction of sp³-hybridized carbons (Fsp3) is 0.105. The second-order valence-electron chi connectivity index (χ2n) is 5.38. The molecule has 0 saturated heterocycles. The largest absolute Gasteiger partial charge is 0.461 e. The summed E-state index contributed by atoms with van der Waals surface area (Å²) in [7, 11) is 0. The Balaban J connectivity index is 1.87. The molecule has 0 fully saturated rings. The van der Waals surface area contributed by atoms with E-state index in [1.54, 1.807) is 25.1 Å². The van der Waals surface area contributed by atoms with Gasteiger partial charge in [-0.05, 0) is 32.0 Å². The minimum absolute atomic E-state index is 0.238. The first kappa shape index (κ1) is 15.4. The van der Waals surface area contributed by atoms with Gasteiger partial charge in [-0.25, -0.2) is 0 Å². The van der Waals surface area contributed by atoms with Gasteiger partial charge in [0.1, 0.15) is 11.5 Å². The van der Waals surface area contributed by atoms with E-state index in [0.717, 1.165) is 5.56 Å². The molecule has 0 radical (unpaired) electrons. The van der Waals surface area contributed by atoms with Gasteiger partial charge in [-0.2, -0.15) is 0 Å². The van der Waals surface area contributed by atoms with E-state index in [4.69, 9.17) is 16.0 Å². The summed E-state index contributed by atoms with van der Waals surface area (Å²) >= 11 is 6.07. The van der Waals surface area contributed by atoms with Crippen LogP contribution in [0.4, 0.5) is 5.69 Å². The summed E-state index contributed by atoms with van der Waals surface area (Å²) in [5.41, 5.74) is 3.20. The van der Waals surface area contributed by atoms with Crippen molar-refractivity contribution in [3.63, 3.8) is 0 Å². The molecule has 1 amide bonds. The van der Waals surface area contributed by atoms with E-state index >= 15 is 0 Å². The van der Waals surface area contributed by atoms with E-state index in [9.17, 15) is 4.79 Å². The van der Waals surface area contributed by atoms with Crippen molar-refractivity contribution in [3.8, 4) is 11.3 Å². The van der Waals surface area contributed by atoms with Crippen molar-refractivity contribution in [2.75, 3.05) is 5.32 Å². The average molecular weight is 326 g/mol. The molecule has 0 aliphatic carbocycles. The Kier molecular flexibility index (Phi) is 4.22. The molecule has 0 saturated carbocycles. The minimum Gasteiger partial charge on any atom is -0.461 e. The van der Waals surface area contributed by atoms with E-state index in [2.05, 4.69) is 5.32 Å². The molecule has 0 unspecified atom stereocenters. The zero-order valence-electron chi connectivity index (χ0n) is 12.9. The molecule has 3 rings (SSSR count). The third-order valence-corrected chi connectivity index (χ3v) is 3.95. The van der Waals surface area contributed by atoms with Crippen molar-refractivity contribution in [2.24, 2.45) is 0 Å². The normalized spacial score (nSPS) is 10.6. The molecule has 0 aliphatic heterocycles. The van der Waals surface area contributed by atoms with Crippen LogP contribution >= 0.6 is 11.6 Å². The fourth-order valence-electron chi connectivity index (χ4n) is 2.32. The van der Waals surface area contributed by atoms with Crippen LogP contribution < -0.4 is 5.32 Å². The Bertz CT molecular complexity index is 850. The zero-order valence-corrected chi connectivity index (χ0v) is 13.6. The summed E-state index contributed by atoms with van der Waals surface area (Å²) in [4.78, 5) is 12.5. The van der Waals surface area contributed by atoms with Crippen molar-refractivity contribution in [1.82, 2.24) is 0 Å². The highest BCUT2D eigenvalue weighted by Crippen LogP contribution is 2.27. The highest BCUT2D eigenvalue weighted by atomic mass is 35.5. The number of amides is 1. The van der Waals surface area contributed by atoms with E-state index in [-0.39, 0.29) is 5.91 Å². The Morgan fingerprint density at radius 1 is 1.04 bits per heavy atom. The predicted octanol–water partition coefficient (Wildman–Crippen LogP) is 5.47. The molecule has 3 nitrogen and oxygen atoms in total. The lowest BCUT2D eigenvalue weighted by Gasteiger charge is -2.05. The van der Waals surface area contributed by atoms with Crippen LogP contribution in [0, 0.1) is 13.8 Å². The molecule has 0 bridgehead atoms. The Morgan fingerprint density at radius 3 is 2.43 bits per heavy atom. The van der Waals surface area contributed by atoms with Crippen LogP contribution in [0.2, 0.25) is 5.02 Å². The molecular weight excluding hydrogens is 310 g/mol. The van der Waals surface area contributed by atoms with Crippen LogP contribution in [0.1, 0.15) is 21.7 Å². The second-order valence-corrected chi connectivity index (χ2v) is 5.79. The van der Waals surface area contributed by atoms with E-state index in [0.29, 0.717) is 27.8 Å². The Labute approximate surface area is 139 Å². The number of hydrogen-bond donors (Lipinski definition) is 1. The molecule has 1 heterocycles. The summed E-state index contributed by atoms with van der Waals surface area (Å²) in [6.07, 6.45) is 0. The third kappa shape index (κ3) is 3.30. The first-order valence-corrected chi connectivity index (χ1v) is 7.66. The molecule has 0 atom stereocenters. The second kappa shape index (κ2) is 6.31. The molecule has 116 valence electrons. The van der Waals surface area contributed by atoms with Crippen molar-refractivity contribution in [2.45, 2.75) is 13.8 Å². The average Bonchev–Trinajstić information content (AvgIpc) is 2.92. The number of nitrogens with one attached hydrogen (secondary N) is 1. The van der Waals surface area contributed by atoms with Gasteiger partial charge in [0.05, 0.1) is 16.3 Å². The number of hydrogen-bond acceptors (Lipinski definition) is 2. The van der Waals surface area contributed by atoms with Crippen molar-refractivity contribution in [3.05, 3.63) is 76.5 Å². The molecule has 1 aromatic heterocycles. The van der Waals surface area contributed by atoms with E-state index < -0.39 is 0 Å². The van der Waals surface area contributed by atoms with Gasteiger partial charge in [-0.3, -0.25) is 4.79 Å². The molecule has 4 heteroatoms. The molecular formula is C19H16ClNO2. The van der Waals surface area contributed by atoms with Crippen LogP contribution in [0.3, 0.4) is 0 Å². The van der Waals surface area contributed by atoms with Gasteiger partial charge in [0.15, 0.2) is 0 Å². The number of furan rings is 1. The monoisotopic (exact) mass is 325 g/mol. The lowest BCUT2D eigenvalue weighted by atomic mass is 10.1. The Morgan fingerprint density at radius 2 is 1.74 bits per heavy atom. The van der Waals surface area contributed by atoms with Gasteiger partial charge < -0.3 is 9.73 Å². The number of para-hydroxylation sites is 1. The molecule has 23 heavy (non-hydrogen) atoms. The summed E-state index contributed by atoms with van der Waals surface area (Å²) in [6, 6.07) is 16.9. The first-order chi connectivity index (χ1) is 11.0. The number of carbonyl (C=O) groups excluding carboxylic acids is 1. The van der Waals surface area contributed by atoms with Gasteiger partial charge in [0, 0.05) is 5.56 Å². The van der Waals surface area contributed by atoms with Gasteiger partial charge in [0.25, 0.3) is 5.91 Å². The number of anilines is 1. The summed E-state index contributed by atoms with van der Waals surface area (Å²) in [6.45, 7) is 3.80. The number of rotatable bonds is 3.